The maximum absolute atomic E-state index is 13.1. The minimum atomic E-state index is -2.94. The number of ether oxygens (including phenoxy) is 1. The Morgan fingerprint density at radius 1 is 1.14 bits per heavy atom. The van der Waals surface area contributed by atoms with Crippen molar-refractivity contribution in [2.45, 2.75) is 59.0 Å². The standard InChI is InChI=1S/C11H22F2O/c1-4-6-7-8-9-14-11(12,13)10(3)5-2/h10H,4-9H2,1-3H3. The van der Waals surface area contributed by atoms with Crippen LogP contribution in [-0.4, -0.2) is 12.7 Å². The van der Waals surface area contributed by atoms with Gasteiger partial charge in [0, 0.05) is 5.92 Å². The molecule has 0 heterocycles. The summed E-state index contributed by atoms with van der Waals surface area (Å²) in [6.07, 6.45) is 1.43. The zero-order chi connectivity index (χ0) is 11.0. The van der Waals surface area contributed by atoms with E-state index in [0.717, 1.165) is 25.7 Å². The van der Waals surface area contributed by atoms with Crippen LogP contribution < -0.4 is 0 Å². The molecule has 14 heavy (non-hydrogen) atoms. The monoisotopic (exact) mass is 208 g/mol. The maximum atomic E-state index is 13.1. The molecule has 0 amide bonds. The summed E-state index contributed by atoms with van der Waals surface area (Å²) in [5.41, 5.74) is 0. The van der Waals surface area contributed by atoms with Crippen molar-refractivity contribution in [2.24, 2.45) is 5.92 Å². The Balaban J connectivity index is 3.55. The quantitative estimate of drug-likeness (QED) is 0.542. The molecule has 0 N–H and O–H groups in total. The fourth-order valence-corrected chi connectivity index (χ4v) is 1.12. The van der Waals surface area contributed by atoms with E-state index in [4.69, 9.17) is 0 Å². The van der Waals surface area contributed by atoms with Crippen LogP contribution in [0.5, 0.6) is 0 Å². The first kappa shape index (κ1) is 13.8. The van der Waals surface area contributed by atoms with Gasteiger partial charge in [0.25, 0.3) is 0 Å². The van der Waals surface area contributed by atoms with Crippen LogP contribution in [0.2, 0.25) is 0 Å². The van der Waals surface area contributed by atoms with Crippen molar-refractivity contribution >= 4 is 0 Å². The van der Waals surface area contributed by atoms with E-state index in [-0.39, 0.29) is 6.61 Å². The first-order valence-electron chi connectivity index (χ1n) is 5.56. The minimum Gasteiger partial charge on any atom is -0.320 e. The van der Waals surface area contributed by atoms with Gasteiger partial charge in [-0.3, -0.25) is 0 Å². The molecule has 0 aromatic carbocycles. The third-order valence-electron chi connectivity index (χ3n) is 2.48. The second kappa shape index (κ2) is 7.16. The van der Waals surface area contributed by atoms with Crippen LogP contribution in [-0.2, 0) is 4.74 Å². The van der Waals surface area contributed by atoms with Crippen molar-refractivity contribution in [1.82, 2.24) is 0 Å². The molecule has 1 atom stereocenters. The third-order valence-corrected chi connectivity index (χ3v) is 2.48. The van der Waals surface area contributed by atoms with E-state index in [1.807, 2.05) is 0 Å². The summed E-state index contributed by atoms with van der Waals surface area (Å²) in [6.45, 7) is 5.54. The minimum absolute atomic E-state index is 0.178. The van der Waals surface area contributed by atoms with Crippen molar-refractivity contribution < 1.29 is 13.5 Å². The lowest BCUT2D eigenvalue weighted by molar-refractivity contribution is -0.268. The van der Waals surface area contributed by atoms with Gasteiger partial charge in [0.15, 0.2) is 0 Å². The Morgan fingerprint density at radius 2 is 1.79 bits per heavy atom. The molecule has 86 valence electrons. The summed E-state index contributed by atoms with van der Waals surface area (Å²) in [7, 11) is 0. The lowest BCUT2D eigenvalue weighted by Crippen LogP contribution is -2.29. The van der Waals surface area contributed by atoms with E-state index >= 15 is 0 Å². The summed E-state index contributed by atoms with van der Waals surface area (Å²) >= 11 is 0. The van der Waals surface area contributed by atoms with Gasteiger partial charge in [-0.05, 0) is 12.8 Å². The summed E-state index contributed by atoms with van der Waals surface area (Å²) in [5.74, 6) is -0.686. The highest BCUT2D eigenvalue weighted by Crippen LogP contribution is 2.28. The highest BCUT2D eigenvalue weighted by Gasteiger charge is 2.35. The Kier molecular flexibility index (Phi) is 7.06. The number of hydrogen-bond acceptors (Lipinski definition) is 1. The summed E-state index contributed by atoms with van der Waals surface area (Å²) in [6, 6.07) is 0. The summed E-state index contributed by atoms with van der Waals surface area (Å²) in [4.78, 5) is 0. The van der Waals surface area contributed by atoms with Crippen molar-refractivity contribution in [2.75, 3.05) is 6.61 Å². The van der Waals surface area contributed by atoms with Crippen LogP contribution in [0.15, 0.2) is 0 Å². The lowest BCUT2D eigenvalue weighted by atomic mass is 10.1. The van der Waals surface area contributed by atoms with Crippen LogP contribution in [0.3, 0.4) is 0 Å². The highest BCUT2D eigenvalue weighted by molar-refractivity contribution is 4.61. The van der Waals surface area contributed by atoms with Crippen LogP contribution in [0, 0.1) is 5.92 Å². The Labute approximate surface area is 85.8 Å². The second-order valence-electron chi connectivity index (χ2n) is 3.78. The van der Waals surface area contributed by atoms with Gasteiger partial charge >= 0.3 is 6.11 Å². The van der Waals surface area contributed by atoms with Gasteiger partial charge in [0.1, 0.15) is 0 Å². The fourth-order valence-electron chi connectivity index (χ4n) is 1.12. The Bertz CT molecular complexity index is 137. The van der Waals surface area contributed by atoms with E-state index < -0.39 is 12.0 Å². The SMILES string of the molecule is CCCCCCOC(F)(F)C(C)CC. The maximum Gasteiger partial charge on any atom is 0.358 e. The molecule has 0 aliphatic carbocycles. The molecular formula is C11H22F2O. The zero-order valence-corrected chi connectivity index (χ0v) is 9.48. The molecular weight excluding hydrogens is 186 g/mol. The van der Waals surface area contributed by atoms with E-state index in [1.54, 1.807) is 6.92 Å². The van der Waals surface area contributed by atoms with Crippen molar-refractivity contribution in [3.8, 4) is 0 Å². The van der Waals surface area contributed by atoms with E-state index in [9.17, 15) is 8.78 Å². The number of hydrogen-bond donors (Lipinski definition) is 0. The molecule has 0 radical (unpaired) electrons. The fraction of sp³-hybridized carbons (Fsp3) is 1.00. The molecule has 0 bridgehead atoms. The summed E-state index contributed by atoms with van der Waals surface area (Å²) in [5, 5.41) is 0. The van der Waals surface area contributed by atoms with Crippen molar-refractivity contribution in [1.29, 1.82) is 0 Å². The van der Waals surface area contributed by atoms with Gasteiger partial charge in [-0.15, -0.1) is 0 Å². The first-order chi connectivity index (χ1) is 6.54. The van der Waals surface area contributed by atoms with Gasteiger partial charge in [-0.25, -0.2) is 0 Å². The van der Waals surface area contributed by atoms with Crippen LogP contribution in [0.4, 0.5) is 8.78 Å². The predicted octanol–water partition coefficient (Wildman–Crippen LogP) is 4.22. The normalized spacial score (nSPS) is 14.4. The molecule has 0 fully saturated rings. The average Bonchev–Trinajstić information content (AvgIpc) is 2.16. The van der Waals surface area contributed by atoms with Crippen LogP contribution >= 0.6 is 0 Å². The zero-order valence-electron chi connectivity index (χ0n) is 9.48. The van der Waals surface area contributed by atoms with E-state index in [2.05, 4.69) is 11.7 Å². The Morgan fingerprint density at radius 3 is 2.29 bits per heavy atom. The molecule has 0 spiro atoms. The number of halogens is 2. The molecule has 0 saturated carbocycles. The van der Waals surface area contributed by atoms with Gasteiger partial charge in [0.2, 0.25) is 0 Å². The van der Waals surface area contributed by atoms with Gasteiger partial charge in [0.05, 0.1) is 6.61 Å². The molecule has 0 aliphatic heterocycles. The van der Waals surface area contributed by atoms with Crippen molar-refractivity contribution in [3.05, 3.63) is 0 Å². The highest BCUT2D eigenvalue weighted by atomic mass is 19.3. The van der Waals surface area contributed by atoms with Gasteiger partial charge < -0.3 is 4.74 Å². The molecule has 1 unspecified atom stereocenters. The average molecular weight is 208 g/mol. The van der Waals surface area contributed by atoms with Gasteiger partial charge in [-0.1, -0.05) is 40.0 Å². The molecule has 0 aromatic heterocycles. The third kappa shape index (κ3) is 5.53. The number of alkyl halides is 2. The smallest absolute Gasteiger partial charge is 0.320 e. The molecule has 0 aromatic rings. The van der Waals surface area contributed by atoms with Gasteiger partial charge in [-0.2, -0.15) is 8.78 Å². The van der Waals surface area contributed by atoms with Crippen molar-refractivity contribution in [3.63, 3.8) is 0 Å². The first-order valence-corrected chi connectivity index (χ1v) is 5.56. The topological polar surface area (TPSA) is 9.23 Å². The van der Waals surface area contributed by atoms with E-state index in [1.165, 1.54) is 6.92 Å². The lowest BCUT2D eigenvalue weighted by Gasteiger charge is -2.22. The largest absolute Gasteiger partial charge is 0.358 e. The molecule has 1 nitrogen and oxygen atoms in total. The Hall–Kier alpha value is -0.180. The second-order valence-corrected chi connectivity index (χ2v) is 3.78. The van der Waals surface area contributed by atoms with Crippen LogP contribution in [0.1, 0.15) is 52.9 Å². The summed E-state index contributed by atoms with van der Waals surface area (Å²) < 4.78 is 30.8. The molecule has 0 rings (SSSR count). The van der Waals surface area contributed by atoms with Crippen LogP contribution in [0.25, 0.3) is 0 Å². The number of rotatable bonds is 8. The predicted molar refractivity (Wildman–Crippen MR) is 54.5 cm³/mol. The molecule has 0 aliphatic rings. The molecule has 3 heteroatoms. The number of unbranched alkanes of at least 4 members (excludes halogenated alkanes) is 3. The van der Waals surface area contributed by atoms with E-state index in [0.29, 0.717) is 6.42 Å². The molecule has 0 saturated heterocycles.